The van der Waals surface area contributed by atoms with Crippen LogP contribution in [-0.2, 0) is 7.05 Å². The summed E-state index contributed by atoms with van der Waals surface area (Å²) in [7, 11) is 1.83. The number of hydrogen-bond donors (Lipinski definition) is 1. The Morgan fingerprint density at radius 2 is 1.67 bits per heavy atom. The zero-order valence-corrected chi connectivity index (χ0v) is 11.6. The molecule has 0 spiro atoms. The van der Waals surface area contributed by atoms with E-state index in [1.54, 1.807) is 22.9 Å². The lowest BCUT2D eigenvalue weighted by Gasteiger charge is -1.97. The van der Waals surface area contributed by atoms with Crippen molar-refractivity contribution in [1.82, 2.24) is 14.8 Å². The topological polar surface area (TPSA) is 50.9 Å². The van der Waals surface area contributed by atoms with E-state index in [4.69, 9.17) is 0 Å². The molecule has 2 aromatic carbocycles. The second-order valence-corrected chi connectivity index (χ2v) is 4.68. The van der Waals surface area contributed by atoms with Gasteiger partial charge >= 0.3 is 0 Å². The summed E-state index contributed by atoms with van der Waals surface area (Å²) in [6.07, 6.45) is 3.89. The van der Waals surface area contributed by atoms with Crippen LogP contribution < -0.4 is 0 Å². The van der Waals surface area contributed by atoms with Crippen LogP contribution in [-0.4, -0.2) is 19.9 Å². The van der Waals surface area contributed by atoms with Gasteiger partial charge in [0, 0.05) is 7.05 Å². The highest BCUT2D eigenvalue weighted by molar-refractivity contribution is 5.69. The van der Waals surface area contributed by atoms with Crippen LogP contribution in [0.5, 0.6) is 5.75 Å². The van der Waals surface area contributed by atoms with Crippen LogP contribution in [0, 0.1) is 0 Å². The van der Waals surface area contributed by atoms with E-state index in [0.717, 1.165) is 11.4 Å². The van der Waals surface area contributed by atoms with E-state index < -0.39 is 0 Å². The Labute approximate surface area is 123 Å². The summed E-state index contributed by atoms with van der Waals surface area (Å²) in [5.41, 5.74) is 1.73. The van der Waals surface area contributed by atoms with Crippen molar-refractivity contribution in [2.24, 2.45) is 7.05 Å². The molecule has 1 heterocycles. The molecule has 3 rings (SSSR count). The number of phenols is 1. The van der Waals surface area contributed by atoms with E-state index in [0.29, 0.717) is 11.4 Å². The van der Waals surface area contributed by atoms with E-state index in [1.807, 2.05) is 55.6 Å². The van der Waals surface area contributed by atoms with Gasteiger partial charge in [-0.1, -0.05) is 48.5 Å². The SMILES string of the molecule is Cn1nc(-c2ccccc2O)nc1C=Cc1ccccc1. The van der Waals surface area contributed by atoms with Gasteiger partial charge in [-0.3, -0.25) is 0 Å². The van der Waals surface area contributed by atoms with Crippen LogP contribution >= 0.6 is 0 Å². The molecule has 0 radical (unpaired) electrons. The van der Waals surface area contributed by atoms with E-state index in [1.165, 1.54) is 0 Å². The quantitative estimate of drug-likeness (QED) is 0.798. The Kier molecular flexibility index (Phi) is 3.51. The monoisotopic (exact) mass is 277 g/mol. The van der Waals surface area contributed by atoms with Crippen molar-refractivity contribution in [3.05, 3.63) is 66.0 Å². The molecule has 0 saturated carbocycles. The summed E-state index contributed by atoms with van der Waals surface area (Å²) < 4.78 is 1.70. The Balaban J connectivity index is 1.92. The molecule has 0 atom stereocenters. The number of phenolic OH excluding ortho intramolecular Hbond substituents is 1. The largest absolute Gasteiger partial charge is 0.507 e. The minimum atomic E-state index is 0.182. The molecule has 104 valence electrons. The van der Waals surface area contributed by atoms with E-state index in [9.17, 15) is 5.11 Å². The van der Waals surface area contributed by atoms with Crippen LogP contribution in [0.2, 0.25) is 0 Å². The summed E-state index contributed by atoms with van der Waals surface area (Å²) in [5.74, 6) is 1.43. The molecule has 0 saturated heterocycles. The molecule has 0 bridgehead atoms. The predicted octanol–water partition coefficient (Wildman–Crippen LogP) is 3.36. The molecule has 1 aromatic heterocycles. The Morgan fingerprint density at radius 1 is 0.952 bits per heavy atom. The number of aromatic hydroxyl groups is 1. The number of aryl methyl sites for hydroxylation is 1. The summed E-state index contributed by atoms with van der Waals surface area (Å²) >= 11 is 0. The van der Waals surface area contributed by atoms with Crippen molar-refractivity contribution >= 4 is 12.2 Å². The number of benzene rings is 2. The molecule has 0 aliphatic carbocycles. The second kappa shape index (κ2) is 5.63. The van der Waals surface area contributed by atoms with Gasteiger partial charge in [0.25, 0.3) is 0 Å². The third-order valence-electron chi connectivity index (χ3n) is 3.17. The first-order valence-electron chi connectivity index (χ1n) is 6.66. The molecular formula is C17H15N3O. The highest BCUT2D eigenvalue weighted by atomic mass is 16.3. The number of hydrogen-bond acceptors (Lipinski definition) is 3. The molecule has 0 aliphatic heterocycles. The highest BCUT2D eigenvalue weighted by Gasteiger charge is 2.10. The maximum absolute atomic E-state index is 9.86. The molecule has 0 fully saturated rings. The van der Waals surface area contributed by atoms with Crippen LogP contribution in [0.15, 0.2) is 54.6 Å². The van der Waals surface area contributed by atoms with E-state index in [-0.39, 0.29) is 5.75 Å². The first-order chi connectivity index (χ1) is 10.2. The maximum Gasteiger partial charge on any atom is 0.185 e. The third-order valence-corrected chi connectivity index (χ3v) is 3.17. The van der Waals surface area contributed by atoms with Crippen LogP contribution in [0.4, 0.5) is 0 Å². The lowest BCUT2D eigenvalue weighted by atomic mass is 10.2. The number of aromatic nitrogens is 3. The summed E-state index contributed by atoms with van der Waals surface area (Å²) in [6.45, 7) is 0. The van der Waals surface area contributed by atoms with Crippen LogP contribution in [0.1, 0.15) is 11.4 Å². The Bertz CT molecular complexity index is 776. The zero-order valence-electron chi connectivity index (χ0n) is 11.6. The average molecular weight is 277 g/mol. The van der Waals surface area contributed by atoms with Crippen molar-refractivity contribution in [2.45, 2.75) is 0 Å². The molecule has 4 nitrogen and oxygen atoms in total. The lowest BCUT2D eigenvalue weighted by Crippen LogP contribution is -1.93. The first kappa shape index (κ1) is 13.1. The van der Waals surface area contributed by atoms with Gasteiger partial charge < -0.3 is 5.11 Å². The molecule has 0 amide bonds. The smallest absolute Gasteiger partial charge is 0.185 e. The van der Waals surface area contributed by atoms with Gasteiger partial charge in [-0.15, -0.1) is 0 Å². The fourth-order valence-corrected chi connectivity index (χ4v) is 2.05. The van der Waals surface area contributed by atoms with Gasteiger partial charge in [-0.2, -0.15) is 5.10 Å². The minimum Gasteiger partial charge on any atom is -0.507 e. The van der Waals surface area contributed by atoms with E-state index >= 15 is 0 Å². The Morgan fingerprint density at radius 3 is 2.43 bits per heavy atom. The van der Waals surface area contributed by atoms with Gasteiger partial charge in [-0.25, -0.2) is 9.67 Å². The van der Waals surface area contributed by atoms with Gasteiger partial charge in [0.05, 0.1) is 5.56 Å². The van der Waals surface area contributed by atoms with Gasteiger partial charge in [0.1, 0.15) is 5.75 Å². The standard InChI is InChI=1S/C17H15N3O/c1-20-16(12-11-13-7-3-2-4-8-13)18-17(19-20)14-9-5-6-10-15(14)21/h2-12,21H,1H3. The normalized spacial score (nSPS) is 11.1. The van der Waals surface area contributed by atoms with Crippen molar-refractivity contribution in [3.63, 3.8) is 0 Å². The summed E-state index contributed by atoms with van der Waals surface area (Å²) in [6, 6.07) is 17.1. The van der Waals surface area contributed by atoms with Crippen molar-refractivity contribution in [3.8, 4) is 17.1 Å². The Hall–Kier alpha value is -2.88. The van der Waals surface area contributed by atoms with Gasteiger partial charge in [-0.05, 0) is 23.8 Å². The highest BCUT2D eigenvalue weighted by Crippen LogP contribution is 2.26. The van der Waals surface area contributed by atoms with E-state index in [2.05, 4.69) is 10.1 Å². The molecule has 0 aliphatic rings. The van der Waals surface area contributed by atoms with Gasteiger partial charge in [0.15, 0.2) is 11.6 Å². The number of rotatable bonds is 3. The summed E-state index contributed by atoms with van der Waals surface area (Å²) in [4.78, 5) is 4.46. The fourth-order valence-electron chi connectivity index (χ4n) is 2.05. The molecule has 4 heteroatoms. The van der Waals surface area contributed by atoms with Crippen LogP contribution in [0.25, 0.3) is 23.5 Å². The predicted molar refractivity (Wildman–Crippen MR) is 83.5 cm³/mol. The minimum absolute atomic E-state index is 0.182. The van der Waals surface area contributed by atoms with Gasteiger partial charge in [0.2, 0.25) is 0 Å². The van der Waals surface area contributed by atoms with Crippen LogP contribution in [0.3, 0.4) is 0 Å². The molecular weight excluding hydrogens is 262 g/mol. The molecule has 21 heavy (non-hydrogen) atoms. The third kappa shape index (κ3) is 2.84. The maximum atomic E-state index is 9.86. The molecule has 0 unspecified atom stereocenters. The number of para-hydroxylation sites is 1. The zero-order chi connectivity index (χ0) is 14.7. The van der Waals surface area contributed by atoms with Crippen molar-refractivity contribution in [1.29, 1.82) is 0 Å². The average Bonchev–Trinajstić information content (AvgIpc) is 2.88. The molecule has 3 aromatic rings. The first-order valence-corrected chi connectivity index (χ1v) is 6.66. The fraction of sp³-hybridized carbons (Fsp3) is 0.0588. The number of nitrogens with zero attached hydrogens (tertiary/aromatic N) is 3. The van der Waals surface area contributed by atoms with Crippen molar-refractivity contribution < 1.29 is 5.11 Å². The lowest BCUT2D eigenvalue weighted by molar-refractivity contribution is 0.477. The summed E-state index contributed by atoms with van der Waals surface area (Å²) in [5, 5.41) is 14.2. The van der Waals surface area contributed by atoms with Crippen molar-refractivity contribution in [2.75, 3.05) is 0 Å². The molecule has 1 N–H and O–H groups in total. The second-order valence-electron chi connectivity index (χ2n) is 4.68.